The summed E-state index contributed by atoms with van der Waals surface area (Å²) in [4.78, 5) is 20.7. The molecule has 0 aliphatic carbocycles. The van der Waals surface area contributed by atoms with Crippen LogP contribution in [-0.2, 0) is 4.57 Å². The number of benzene rings is 1. The zero-order chi connectivity index (χ0) is 14.2. The van der Waals surface area contributed by atoms with Crippen molar-refractivity contribution in [1.29, 1.82) is 5.26 Å². The standard InChI is InChI=1S/C12H10NO5P/c1-7-9-4-3-8(18-19(2,15)16)5-11(9)17-12(14)10(7)6-13/h3-5H,1-2H3,(H,15,16). The van der Waals surface area contributed by atoms with Crippen molar-refractivity contribution >= 4 is 18.6 Å². The second kappa shape index (κ2) is 4.54. The molecule has 2 aromatic rings. The average Bonchev–Trinajstić information content (AvgIpc) is 2.26. The van der Waals surface area contributed by atoms with Gasteiger partial charge in [0, 0.05) is 18.1 Å². The lowest BCUT2D eigenvalue weighted by atomic mass is 10.1. The van der Waals surface area contributed by atoms with Crippen LogP contribution in [-0.4, -0.2) is 11.6 Å². The highest BCUT2D eigenvalue weighted by molar-refractivity contribution is 7.52. The second-order valence-electron chi connectivity index (χ2n) is 4.05. The quantitative estimate of drug-likeness (QED) is 0.667. The maximum atomic E-state index is 11.5. The summed E-state index contributed by atoms with van der Waals surface area (Å²) in [6.07, 6.45) is 0. The lowest BCUT2D eigenvalue weighted by Crippen LogP contribution is -2.06. The van der Waals surface area contributed by atoms with Gasteiger partial charge >= 0.3 is 13.2 Å². The monoisotopic (exact) mass is 279 g/mol. The summed E-state index contributed by atoms with van der Waals surface area (Å²) in [7, 11) is -3.68. The topological polar surface area (TPSA) is 101 Å². The number of hydrogen-bond donors (Lipinski definition) is 1. The number of nitriles is 1. The van der Waals surface area contributed by atoms with Crippen LogP contribution in [0, 0.1) is 18.3 Å². The van der Waals surface area contributed by atoms with Crippen LogP contribution >= 0.6 is 7.60 Å². The third kappa shape index (κ3) is 2.68. The number of nitrogens with zero attached hydrogens (tertiary/aromatic N) is 1. The number of hydrogen-bond acceptors (Lipinski definition) is 5. The van der Waals surface area contributed by atoms with Crippen molar-refractivity contribution in [1.82, 2.24) is 0 Å². The zero-order valence-corrected chi connectivity index (χ0v) is 11.1. The van der Waals surface area contributed by atoms with E-state index in [0.29, 0.717) is 10.9 Å². The molecule has 0 amide bonds. The van der Waals surface area contributed by atoms with E-state index in [-0.39, 0.29) is 16.9 Å². The van der Waals surface area contributed by atoms with Crippen molar-refractivity contribution in [3.8, 4) is 11.8 Å². The molecular formula is C12H10NO5P. The van der Waals surface area contributed by atoms with Crippen molar-refractivity contribution in [2.24, 2.45) is 0 Å². The van der Waals surface area contributed by atoms with E-state index in [1.54, 1.807) is 19.1 Å². The van der Waals surface area contributed by atoms with Gasteiger partial charge in [-0.1, -0.05) is 0 Å². The number of rotatable bonds is 2. The minimum absolute atomic E-state index is 0.0514. The average molecular weight is 279 g/mol. The summed E-state index contributed by atoms with van der Waals surface area (Å²) >= 11 is 0. The molecule has 19 heavy (non-hydrogen) atoms. The lowest BCUT2D eigenvalue weighted by molar-refractivity contribution is 0.387. The van der Waals surface area contributed by atoms with E-state index in [1.165, 1.54) is 12.1 Å². The van der Waals surface area contributed by atoms with E-state index in [0.717, 1.165) is 6.66 Å². The maximum Gasteiger partial charge on any atom is 0.373 e. The summed E-state index contributed by atoms with van der Waals surface area (Å²) in [6.45, 7) is 2.69. The van der Waals surface area contributed by atoms with Gasteiger partial charge in [-0.3, -0.25) is 0 Å². The maximum absolute atomic E-state index is 11.5. The summed E-state index contributed by atoms with van der Waals surface area (Å²) in [5, 5.41) is 9.44. The van der Waals surface area contributed by atoms with Crippen LogP contribution in [0.25, 0.3) is 11.0 Å². The first kappa shape index (κ1) is 13.3. The smallest absolute Gasteiger partial charge is 0.373 e. The molecule has 0 aliphatic heterocycles. The molecule has 1 N–H and O–H groups in total. The molecule has 0 fully saturated rings. The Balaban J connectivity index is 2.67. The van der Waals surface area contributed by atoms with E-state index >= 15 is 0 Å². The van der Waals surface area contributed by atoms with Crippen molar-refractivity contribution in [2.45, 2.75) is 6.92 Å². The van der Waals surface area contributed by atoms with Gasteiger partial charge in [-0.05, 0) is 24.6 Å². The highest BCUT2D eigenvalue weighted by atomic mass is 31.2. The predicted molar refractivity (Wildman–Crippen MR) is 68.3 cm³/mol. The van der Waals surface area contributed by atoms with Crippen LogP contribution in [0.15, 0.2) is 27.4 Å². The molecule has 1 aromatic heterocycles. The third-order valence-electron chi connectivity index (χ3n) is 2.53. The highest BCUT2D eigenvalue weighted by Gasteiger charge is 2.15. The summed E-state index contributed by atoms with van der Waals surface area (Å²) in [6, 6.07) is 6.17. The fourth-order valence-corrected chi connectivity index (χ4v) is 2.22. The van der Waals surface area contributed by atoms with E-state index in [9.17, 15) is 9.36 Å². The molecule has 1 atom stereocenters. The van der Waals surface area contributed by atoms with Crippen molar-refractivity contribution in [3.05, 3.63) is 39.7 Å². The van der Waals surface area contributed by atoms with Crippen LogP contribution < -0.4 is 10.1 Å². The fraction of sp³-hybridized carbons (Fsp3) is 0.167. The molecule has 0 saturated heterocycles. The van der Waals surface area contributed by atoms with Gasteiger partial charge in [0.05, 0.1) is 0 Å². The molecule has 0 bridgehead atoms. The summed E-state index contributed by atoms with van der Waals surface area (Å²) in [5.74, 6) is 0.119. The first-order valence-corrected chi connectivity index (χ1v) is 7.32. The van der Waals surface area contributed by atoms with E-state index in [2.05, 4.69) is 0 Å². The van der Waals surface area contributed by atoms with E-state index in [1.807, 2.05) is 0 Å². The largest absolute Gasteiger partial charge is 0.425 e. The van der Waals surface area contributed by atoms with Gasteiger partial charge in [0.2, 0.25) is 0 Å². The van der Waals surface area contributed by atoms with Crippen LogP contribution in [0.4, 0.5) is 0 Å². The Kier molecular flexibility index (Phi) is 3.19. The lowest BCUT2D eigenvalue weighted by Gasteiger charge is -2.09. The Morgan fingerprint density at radius 3 is 2.74 bits per heavy atom. The minimum atomic E-state index is -3.68. The van der Waals surface area contributed by atoms with Gasteiger partial charge < -0.3 is 13.8 Å². The Morgan fingerprint density at radius 2 is 2.16 bits per heavy atom. The molecule has 0 spiro atoms. The number of fused-ring (bicyclic) bond motifs is 1. The third-order valence-corrected chi connectivity index (χ3v) is 3.08. The molecule has 1 unspecified atom stereocenters. The Labute approximate surface area is 108 Å². The Morgan fingerprint density at radius 1 is 1.47 bits per heavy atom. The fourth-order valence-electron chi connectivity index (χ4n) is 1.72. The van der Waals surface area contributed by atoms with Gasteiger partial charge in [0.15, 0.2) is 0 Å². The van der Waals surface area contributed by atoms with E-state index in [4.69, 9.17) is 19.1 Å². The van der Waals surface area contributed by atoms with Crippen molar-refractivity contribution in [3.63, 3.8) is 0 Å². The molecular weight excluding hydrogens is 269 g/mol. The molecule has 0 aliphatic rings. The molecule has 1 aromatic carbocycles. The second-order valence-corrected chi connectivity index (χ2v) is 5.84. The molecule has 0 saturated carbocycles. The zero-order valence-electron chi connectivity index (χ0n) is 10.2. The van der Waals surface area contributed by atoms with Gasteiger partial charge in [-0.2, -0.15) is 5.26 Å². The van der Waals surface area contributed by atoms with Crippen LogP contribution in [0.1, 0.15) is 11.1 Å². The van der Waals surface area contributed by atoms with E-state index < -0.39 is 13.2 Å². The first-order valence-electron chi connectivity index (χ1n) is 5.29. The van der Waals surface area contributed by atoms with Crippen LogP contribution in [0.3, 0.4) is 0 Å². The first-order chi connectivity index (χ1) is 8.81. The van der Waals surface area contributed by atoms with Crippen molar-refractivity contribution < 1.29 is 18.4 Å². The summed E-state index contributed by atoms with van der Waals surface area (Å²) < 4.78 is 21.0. The Hall–Kier alpha value is -2.09. The normalized spacial score (nSPS) is 13.8. The van der Waals surface area contributed by atoms with Gasteiger partial charge in [-0.25, -0.2) is 9.36 Å². The van der Waals surface area contributed by atoms with Gasteiger partial charge in [0.25, 0.3) is 0 Å². The molecule has 7 heteroatoms. The van der Waals surface area contributed by atoms with Gasteiger partial charge in [0.1, 0.15) is 23.0 Å². The van der Waals surface area contributed by atoms with Crippen LogP contribution in [0.2, 0.25) is 0 Å². The molecule has 6 nitrogen and oxygen atoms in total. The van der Waals surface area contributed by atoms with Crippen molar-refractivity contribution in [2.75, 3.05) is 6.66 Å². The number of aryl methyl sites for hydroxylation is 1. The molecule has 2 rings (SSSR count). The van der Waals surface area contributed by atoms with Gasteiger partial charge in [-0.15, -0.1) is 0 Å². The minimum Gasteiger partial charge on any atom is -0.425 e. The molecule has 1 heterocycles. The highest BCUT2D eigenvalue weighted by Crippen LogP contribution is 2.39. The SMILES string of the molecule is Cc1c(C#N)c(=O)oc2cc(OP(C)(=O)O)ccc12. The summed E-state index contributed by atoms with van der Waals surface area (Å²) in [5.41, 5.74) is -0.0887. The Bertz CT molecular complexity index is 796. The molecule has 0 radical (unpaired) electrons. The molecule has 98 valence electrons. The predicted octanol–water partition coefficient (Wildman–Crippen LogP) is 2.17. The van der Waals surface area contributed by atoms with Crippen LogP contribution in [0.5, 0.6) is 5.75 Å².